The van der Waals surface area contributed by atoms with E-state index in [1.54, 1.807) is 0 Å². The fourth-order valence-corrected chi connectivity index (χ4v) is 6.53. The molecule has 4 saturated carbocycles. The molecule has 174 valence electrons. The van der Waals surface area contributed by atoms with Gasteiger partial charge in [0, 0.05) is 12.1 Å². The highest BCUT2D eigenvalue weighted by Gasteiger charge is 2.58. The van der Waals surface area contributed by atoms with Gasteiger partial charge in [0.25, 0.3) is 0 Å². The minimum atomic E-state index is -5.08. The molecular formula is C24H34F3NO3. The first kappa shape index (κ1) is 24.1. The van der Waals surface area contributed by atoms with Gasteiger partial charge in [-0.25, -0.2) is 4.79 Å². The summed E-state index contributed by atoms with van der Waals surface area (Å²) in [5.41, 5.74) is 2.73. The third kappa shape index (κ3) is 5.80. The van der Waals surface area contributed by atoms with Crippen LogP contribution >= 0.6 is 0 Å². The lowest BCUT2D eigenvalue weighted by atomic mass is 9.46. The number of carboxylic acid groups (broad SMARTS) is 1. The first-order valence-electron chi connectivity index (χ1n) is 11.1. The maximum atomic E-state index is 11.0. The second-order valence-electron chi connectivity index (χ2n) is 10.3. The van der Waals surface area contributed by atoms with Gasteiger partial charge in [0.05, 0.1) is 5.60 Å². The standard InChI is InChI=1S/C22H33NO.C2HF3O2/c1-15-4-6-18(7-5-15)8-16(2)23-17(3)21-10-19-9-20(11-21)13-22(24,12-19)14-21;3-2(4,5)1(6)7/h4-7,16-17,19-20,23-24H,8-14H2,1-3H3;(H,6,7). The zero-order chi connectivity index (χ0) is 23.0. The van der Waals surface area contributed by atoms with Crippen molar-refractivity contribution in [1.29, 1.82) is 0 Å². The van der Waals surface area contributed by atoms with Gasteiger partial charge in [-0.05, 0) is 88.5 Å². The Hall–Kier alpha value is -1.60. The van der Waals surface area contributed by atoms with Gasteiger partial charge < -0.3 is 15.5 Å². The first-order valence-corrected chi connectivity index (χ1v) is 11.1. The van der Waals surface area contributed by atoms with Gasteiger partial charge in [-0.1, -0.05) is 29.8 Å². The summed E-state index contributed by atoms with van der Waals surface area (Å²) < 4.78 is 31.7. The summed E-state index contributed by atoms with van der Waals surface area (Å²) in [5.74, 6) is -1.21. The summed E-state index contributed by atoms with van der Waals surface area (Å²) >= 11 is 0. The number of aliphatic carboxylic acids is 1. The molecule has 0 aliphatic heterocycles. The number of alkyl halides is 3. The minimum absolute atomic E-state index is 0.334. The van der Waals surface area contributed by atoms with E-state index in [4.69, 9.17) is 9.90 Å². The number of hydrogen-bond donors (Lipinski definition) is 3. The fraction of sp³-hybridized carbons (Fsp3) is 0.708. The van der Waals surface area contributed by atoms with Crippen LogP contribution in [-0.2, 0) is 11.2 Å². The van der Waals surface area contributed by atoms with E-state index in [-0.39, 0.29) is 5.60 Å². The van der Waals surface area contributed by atoms with Crippen molar-refractivity contribution in [3.05, 3.63) is 35.4 Å². The third-order valence-electron chi connectivity index (χ3n) is 7.43. The minimum Gasteiger partial charge on any atom is -0.475 e. The average molecular weight is 442 g/mol. The molecule has 0 heterocycles. The predicted octanol–water partition coefficient (Wildman–Crippen LogP) is 4.87. The highest BCUT2D eigenvalue weighted by molar-refractivity contribution is 5.73. The molecule has 0 saturated heterocycles. The van der Waals surface area contributed by atoms with Crippen LogP contribution in [0.2, 0.25) is 0 Å². The molecule has 5 rings (SSSR count). The van der Waals surface area contributed by atoms with Crippen LogP contribution in [0, 0.1) is 24.2 Å². The van der Waals surface area contributed by atoms with Crippen LogP contribution in [0.3, 0.4) is 0 Å². The Bertz CT molecular complexity index is 763. The van der Waals surface area contributed by atoms with Gasteiger partial charge in [-0.15, -0.1) is 0 Å². The van der Waals surface area contributed by atoms with Crippen LogP contribution < -0.4 is 5.32 Å². The summed E-state index contributed by atoms with van der Waals surface area (Å²) in [5, 5.41) is 22.0. The number of rotatable bonds is 5. The van der Waals surface area contributed by atoms with E-state index in [0.717, 1.165) is 37.5 Å². The van der Waals surface area contributed by atoms with Crippen molar-refractivity contribution in [3.63, 3.8) is 0 Å². The number of halogens is 3. The maximum absolute atomic E-state index is 11.0. The topological polar surface area (TPSA) is 69.6 Å². The highest BCUT2D eigenvalue weighted by atomic mass is 19.4. The van der Waals surface area contributed by atoms with Crippen LogP contribution in [0.25, 0.3) is 0 Å². The van der Waals surface area contributed by atoms with E-state index in [1.807, 2.05) is 0 Å². The zero-order valence-electron chi connectivity index (χ0n) is 18.5. The van der Waals surface area contributed by atoms with Crippen LogP contribution in [0.5, 0.6) is 0 Å². The molecule has 1 aromatic carbocycles. The average Bonchev–Trinajstić information content (AvgIpc) is 2.61. The lowest BCUT2D eigenvalue weighted by Crippen LogP contribution is -2.62. The van der Waals surface area contributed by atoms with Crippen molar-refractivity contribution in [2.75, 3.05) is 0 Å². The molecule has 3 N–H and O–H groups in total. The van der Waals surface area contributed by atoms with Crippen molar-refractivity contribution in [2.45, 2.75) is 89.6 Å². The Morgan fingerprint density at radius 1 is 1.13 bits per heavy atom. The number of benzene rings is 1. The SMILES string of the molecule is Cc1ccc(CC(C)NC(C)C23CC4CC(CC(O)(C4)C2)C3)cc1.O=C(O)C(F)(F)F. The molecule has 0 amide bonds. The number of hydrogen-bond acceptors (Lipinski definition) is 3. The van der Waals surface area contributed by atoms with E-state index >= 15 is 0 Å². The summed E-state index contributed by atoms with van der Waals surface area (Å²) in [6.45, 7) is 6.83. The Balaban J connectivity index is 0.000000339. The Labute approximate surface area is 182 Å². The summed E-state index contributed by atoms with van der Waals surface area (Å²) in [7, 11) is 0. The summed E-state index contributed by atoms with van der Waals surface area (Å²) in [6.07, 6.45) is 3.19. The molecule has 7 heteroatoms. The van der Waals surface area contributed by atoms with Crippen LogP contribution in [0.1, 0.15) is 63.5 Å². The van der Waals surface area contributed by atoms with Gasteiger partial charge in [-0.3, -0.25) is 0 Å². The van der Waals surface area contributed by atoms with Crippen LogP contribution in [-0.4, -0.2) is 40.0 Å². The van der Waals surface area contributed by atoms with E-state index in [9.17, 15) is 18.3 Å². The Morgan fingerprint density at radius 2 is 1.65 bits per heavy atom. The molecular weight excluding hydrogens is 407 g/mol. The molecule has 4 aliphatic carbocycles. The van der Waals surface area contributed by atoms with Crippen molar-refractivity contribution < 1.29 is 28.2 Å². The summed E-state index contributed by atoms with van der Waals surface area (Å²) in [4.78, 5) is 8.90. The molecule has 4 nitrogen and oxygen atoms in total. The number of nitrogens with one attached hydrogen (secondary N) is 1. The second kappa shape index (κ2) is 8.74. The van der Waals surface area contributed by atoms with E-state index in [1.165, 1.54) is 30.4 Å². The van der Waals surface area contributed by atoms with Gasteiger partial charge >= 0.3 is 12.1 Å². The number of carboxylic acids is 1. The van der Waals surface area contributed by atoms with Crippen molar-refractivity contribution in [1.82, 2.24) is 5.32 Å². The second-order valence-corrected chi connectivity index (χ2v) is 10.3. The quantitative estimate of drug-likeness (QED) is 0.610. The molecule has 4 unspecified atom stereocenters. The van der Waals surface area contributed by atoms with Gasteiger partial charge in [0.2, 0.25) is 0 Å². The van der Waals surface area contributed by atoms with E-state index < -0.39 is 12.1 Å². The Kier molecular flexibility index (Phi) is 6.78. The monoisotopic (exact) mass is 441 g/mol. The smallest absolute Gasteiger partial charge is 0.475 e. The zero-order valence-corrected chi connectivity index (χ0v) is 18.5. The van der Waals surface area contributed by atoms with E-state index in [0.29, 0.717) is 17.5 Å². The van der Waals surface area contributed by atoms with Crippen molar-refractivity contribution in [2.24, 2.45) is 17.3 Å². The lowest BCUT2D eigenvalue weighted by Gasteiger charge is -2.62. The molecule has 31 heavy (non-hydrogen) atoms. The fourth-order valence-electron chi connectivity index (χ4n) is 6.53. The lowest BCUT2D eigenvalue weighted by molar-refractivity contribution is -0.192. The molecule has 0 spiro atoms. The molecule has 1 aromatic rings. The van der Waals surface area contributed by atoms with E-state index in [2.05, 4.69) is 50.4 Å². The van der Waals surface area contributed by atoms with Crippen LogP contribution in [0.4, 0.5) is 13.2 Å². The largest absolute Gasteiger partial charge is 0.490 e. The highest BCUT2D eigenvalue weighted by Crippen LogP contribution is 2.62. The molecule has 0 aromatic heterocycles. The number of carbonyl (C=O) groups is 1. The molecule has 0 radical (unpaired) electrons. The van der Waals surface area contributed by atoms with Gasteiger partial charge in [0.15, 0.2) is 0 Å². The third-order valence-corrected chi connectivity index (χ3v) is 7.43. The molecule has 4 fully saturated rings. The molecule has 4 bridgehead atoms. The predicted molar refractivity (Wildman–Crippen MR) is 113 cm³/mol. The van der Waals surface area contributed by atoms with Gasteiger partial charge in [-0.2, -0.15) is 13.2 Å². The Morgan fingerprint density at radius 3 is 2.10 bits per heavy atom. The normalized spacial score (nSPS) is 33.4. The van der Waals surface area contributed by atoms with Crippen LogP contribution in [0.15, 0.2) is 24.3 Å². The summed E-state index contributed by atoms with van der Waals surface area (Å²) in [6, 6.07) is 9.90. The van der Waals surface area contributed by atoms with Gasteiger partial charge in [0.1, 0.15) is 0 Å². The van der Waals surface area contributed by atoms with Crippen molar-refractivity contribution >= 4 is 5.97 Å². The number of aliphatic hydroxyl groups is 1. The molecule has 4 aliphatic rings. The maximum Gasteiger partial charge on any atom is 0.490 e. The van der Waals surface area contributed by atoms with Crippen molar-refractivity contribution in [3.8, 4) is 0 Å². The first-order chi connectivity index (χ1) is 14.3. The number of aryl methyl sites for hydroxylation is 1. The molecule has 4 atom stereocenters.